The average Bonchev–Trinajstić information content (AvgIpc) is 2.53. The molecule has 1 N–H and O–H groups in total. The fraction of sp³-hybridized carbons (Fsp3) is 0.588. The lowest BCUT2D eigenvalue weighted by Crippen LogP contribution is -2.59. The lowest BCUT2D eigenvalue weighted by molar-refractivity contribution is -0.672. The number of nitrogens with zero attached hydrogens (tertiary/aromatic N) is 3. The van der Waals surface area contributed by atoms with E-state index in [0.717, 1.165) is 12.5 Å². The second-order valence-corrected chi connectivity index (χ2v) is 7.83. The van der Waals surface area contributed by atoms with Crippen LogP contribution in [0, 0.1) is 39.4 Å². The minimum absolute atomic E-state index is 0.0138. The van der Waals surface area contributed by atoms with Crippen molar-refractivity contribution in [1.82, 2.24) is 5.10 Å². The molecule has 0 unspecified atom stereocenters. The van der Waals surface area contributed by atoms with Crippen LogP contribution in [0.2, 0.25) is 0 Å². The molecule has 4 atom stereocenters. The van der Waals surface area contributed by atoms with E-state index in [0.29, 0.717) is 32.7 Å². The van der Waals surface area contributed by atoms with Gasteiger partial charge in [0.15, 0.2) is 5.52 Å². The van der Waals surface area contributed by atoms with E-state index in [1.165, 1.54) is 18.6 Å². The van der Waals surface area contributed by atoms with Gasteiger partial charge < -0.3 is 10.4 Å². The van der Waals surface area contributed by atoms with Crippen LogP contribution < -0.4 is 14.9 Å². The van der Waals surface area contributed by atoms with Crippen molar-refractivity contribution in [3.05, 3.63) is 34.4 Å². The van der Waals surface area contributed by atoms with Crippen LogP contribution in [-0.4, -0.2) is 11.1 Å². The molecule has 2 bridgehead atoms. The largest absolute Gasteiger partial charge is 0.739 e. The van der Waals surface area contributed by atoms with Crippen molar-refractivity contribution >= 4 is 17.0 Å². The van der Waals surface area contributed by atoms with E-state index in [-0.39, 0.29) is 23.0 Å². The normalized spacial score (nSPS) is 30.8. The summed E-state index contributed by atoms with van der Waals surface area (Å²) in [6.07, 6.45) is 2.20. The minimum Gasteiger partial charge on any atom is -0.739 e. The van der Waals surface area contributed by atoms with Crippen molar-refractivity contribution in [2.75, 3.05) is 5.32 Å². The van der Waals surface area contributed by atoms with Crippen LogP contribution in [0.4, 0.5) is 10.3 Å². The van der Waals surface area contributed by atoms with Crippen molar-refractivity contribution in [3.8, 4) is 0 Å². The third kappa shape index (κ3) is 2.03. The molecule has 5 rings (SSSR count). The number of anilines is 1. The van der Waals surface area contributed by atoms with E-state index in [9.17, 15) is 14.8 Å². The van der Waals surface area contributed by atoms with E-state index in [1.54, 1.807) is 0 Å². The summed E-state index contributed by atoms with van der Waals surface area (Å²) in [6, 6.07) is 3.62. The van der Waals surface area contributed by atoms with Gasteiger partial charge in [0.1, 0.15) is 5.82 Å². The molecule has 2 aromatic rings. The maximum absolute atomic E-state index is 13.3. The Labute approximate surface area is 139 Å². The summed E-state index contributed by atoms with van der Waals surface area (Å²) in [4.78, 5) is 0.313. The Morgan fingerprint density at radius 1 is 1.25 bits per heavy atom. The van der Waals surface area contributed by atoms with Crippen LogP contribution in [0.5, 0.6) is 0 Å². The molecule has 3 aliphatic carbocycles. The van der Waals surface area contributed by atoms with Gasteiger partial charge in [-0.05, 0) is 48.1 Å². The van der Waals surface area contributed by atoms with Crippen molar-refractivity contribution in [3.63, 3.8) is 0 Å². The Morgan fingerprint density at radius 3 is 2.67 bits per heavy atom. The van der Waals surface area contributed by atoms with Gasteiger partial charge in [0.25, 0.3) is 0 Å². The summed E-state index contributed by atoms with van der Waals surface area (Å²) in [5, 5.41) is 31.5. The van der Waals surface area contributed by atoms with Gasteiger partial charge in [-0.3, -0.25) is 5.32 Å². The van der Waals surface area contributed by atoms with Crippen LogP contribution in [0.1, 0.15) is 33.6 Å². The number of fused-ring (bicyclic) bond motifs is 3. The Bertz CT molecular complexity index is 826. The number of rotatable bonds is 2. The standard InChI is InChI=1S/C17H21FN4O2/c1-9-12-6-10(17(12,2)3)7-13(9)19-16-20-22(24)15-8-11(18)4-5-14(15)21(16)23/h4-5,8-10,12-13H,6-7H2,1-3H3,(H,19,20)/t9-,10+,12-,13-/m1/s1. The number of halogens is 1. The summed E-state index contributed by atoms with van der Waals surface area (Å²) >= 11 is 0. The number of aromatic nitrogens is 3. The molecule has 0 amide bonds. The van der Waals surface area contributed by atoms with Crippen molar-refractivity contribution < 1.29 is 14.0 Å². The van der Waals surface area contributed by atoms with Gasteiger partial charge >= 0.3 is 11.5 Å². The highest BCUT2D eigenvalue weighted by Gasteiger charge is 2.57. The molecule has 3 aliphatic rings. The zero-order valence-electron chi connectivity index (χ0n) is 14.0. The first-order valence-corrected chi connectivity index (χ1v) is 8.38. The molecular formula is C17H21FN4O2. The summed E-state index contributed by atoms with van der Waals surface area (Å²) in [7, 11) is 0. The van der Waals surface area contributed by atoms with Gasteiger partial charge in [-0.25, -0.2) is 9.12 Å². The molecule has 24 heavy (non-hydrogen) atoms. The van der Waals surface area contributed by atoms with Gasteiger partial charge in [0.05, 0.1) is 12.1 Å². The number of benzene rings is 1. The fourth-order valence-corrected chi connectivity index (χ4v) is 4.71. The Kier molecular flexibility index (Phi) is 3.14. The molecule has 1 heterocycles. The Hall–Kier alpha value is -2.18. The predicted octanol–water partition coefficient (Wildman–Crippen LogP) is 2.12. The first kappa shape index (κ1) is 15.4. The van der Waals surface area contributed by atoms with E-state index < -0.39 is 5.82 Å². The Morgan fingerprint density at radius 2 is 2.00 bits per heavy atom. The maximum Gasteiger partial charge on any atom is 0.461 e. The first-order chi connectivity index (χ1) is 11.3. The van der Waals surface area contributed by atoms with Gasteiger partial charge in [-0.2, -0.15) is 0 Å². The molecule has 0 aliphatic heterocycles. The van der Waals surface area contributed by atoms with E-state index in [4.69, 9.17) is 0 Å². The van der Waals surface area contributed by atoms with E-state index >= 15 is 0 Å². The molecule has 1 aromatic heterocycles. The van der Waals surface area contributed by atoms with Gasteiger partial charge in [0.2, 0.25) is 5.10 Å². The molecule has 1 aromatic carbocycles. The number of hydrogen-bond acceptors (Lipinski definition) is 4. The lowest BCUT2D eigenvalue weighted by atomic mass is 9.45. The van der Waals surface area contributed by atoms with Gasteiger partial charge in [-0.15, -0.1) is 0 Å². The second kappa shape index (κ2) is 4.91. The zero-order valence-corrected chi connectivity index (χ0v) is 14.0. The summed E-state index contributed by atoms with van der Waals surface area (Å²) in [5.41, 5.74) is 0.381. The smallest absolute Gasteiger partial charge is 0.461 e. The third-order valence-electron chi connectivity index (χ3n) is 6.41. The molecular weight excluding hydrogens is 311 g/mol. The lowest BCUT2D eigenvalue weighted by Gasteiger charge is -2.61. The van der Waals surface area contributed by atoms with Gasteiger partial charge in [-0.1, -0.05) is 20.8 Å². The Balaban J connectivity index is 1.66. The molecule has 0 saturated heterocycles. The molecule has 0 radical (unpaired) electrons. The molecule has 6 nitrogen and oxygen atoms in total. The van der Waals surface area contributed by atoms with Crippen LogP contribution in [0.15, 0.2) is 18.2 Å². The summed E-state index contributed by atoms with van der Waals surface area (Å²) in [6.45, 7) is 6.80. The predicted molar refractivity (Wildman–Crippen MR) is 86.2 cm³/mol. The van der Waals surface area contributed by atoms with Crippen molar-refractivity contribution in [2.24, 2.45) is 23.2 Å². The SMILES string of the molecule is C[C@@H]1[C@H]2C[C@@H](C[C@H]1Nc1n[n+]([O-])c3cc(F)ccc3[n+]1[O-])C2(C)C. The van der Waals surface area contributed by atoms with Crippen LogP contribution in [0.25, 0.3) is 11.0 Å². The highest BCUT2D eigenvalue weighted by Crippen LogP contribution is 2.61. The third-order valence-corrected chi connectivity index (χ3v) is 6.41. The van der Waals surface area contributed by atoms with Crippen molar-refractivity contribution in [2.45, 2.75) is 39.7 Å². The zero-order chi connectivity index (χ0) is 17.2. The quantitative estimate of drug-likeness (QED) is 0.675. The summed E-state index contributed by atoms with van der Waals surface area (Å²) < 4.78 is 13.9. The minimum atomic E-state index is -0.571. The average molecular weight is 332 g/mol. The number of nitrogens with one attached hydrogen (secondary N) is 1. The number of hydrogen-bond donors (Lipinski definition) is 1. The highest BCUT2D eigenvalue weighted by molar-refractivity contribution is 5.67. The topological polar surface area (TPSA) is 78.8 Å². The fourth-order valence-electron chi connectivity index (χ4n) is 4.71. The molecule has 3 fully saturated rings. The van der Waals surface area contributed by atoms with E-state index in [1.807, 2.05) is 0 Å². The highest BCUT2D eigenvalue weighted by atomic mass is 19.1. The van der Waals surface area contributed by atoms with Crippen LogP contribution in [0.3, 0.4) is 0 Å². The second-order valence-electron chi connectivity index (χ2n) is 7.83. The molecule has 128 valence electrons. The van der Waals surface area contributed by atoms with Crippen LogP contribution in [-0.2, 0) is 0 Å². The molecule has 0 spiro atoms. The van der Waals surface area contributed by atoms with Crippen LogP contribution >= 0.6 is 0 Å². The van der Waals surface area contributed by atoms with E-state index in [2.05, 4.69) is 31.2 Å². The maximum atomic E-state index is 13.3. The summed E-state index contributed by atoms with van der Waals surface area (Å²) in [5.74, 6) is 1.06. The van der Waals surface area contributed by atoms with Crippen molar-refractivity contribution in [1.29, 1.82) is 0 Å². The van der Waals surface area contributed by atoms with Gasteiger partial charge in [0, 0.05) is 4.85 Å². The molecule has 7 heteroatoms. The molecule has 3 saturated carbocycles. The monoisotopic (exact) mass is 332 g/mol. The first-order valence-electron chi connectivity index (χ1n) is 8.38.